The molecule has 32 heavy (non-hydrogen) atoms. The van der Waals surface area contributed by atoms with Crippen LogP contribution in [0.3, 0.4) is 0 Å². The summed E-state index contributed by atoms with van der Waals surface area (Å²) in [7, 11) is 1.59. The lowest BCUT2D eigenvalue weighted by Crippen LogP contribution is -2.22. The van der Waals surface area contributed by atoms with E-state index in [1.165, 1.54) is 6.07 Å². The maximum atomic E-state index is 12.8. The minimum atomic E-state index is -0.989. The highest BCUT2D eigenvalue weighted by Crippen LogP contribution is 2.40. The number of ether oxygens (including phenoxy) is 1. The van der Waals surface area contributed by atoms with E-state index in [0.717, 1.165) is 22.3 Å². The average molecular weight is 451 g/mol. The summed E-state index contributed by atoms with van der Waals surface area (Å²) in [5.41, 5.74) is 4.29. The molecule has 2 heterocycles. The largest absolute Gasteiger partial charge is 0.497 e. The normalized spacial score (nSPS) is 14.9. The predicted molar refractivity (Wildman–Crippen MR) is 125 cm³/mol. The van der Waals surface area contributed by atoms with Crippen molar-refractivity contribution >= 4 is 23.3 Å². The molecule has 7 heteroatoms. The summed E-state index contributed by atoms with van der Waals surface area (Å²) in [5.74, 6) is -0.336. The fourth-order valence-electron chi connectivity index (χ4n) is 4.00. The molecule has 0 amide bonds. The molecule has 0 saturated heterocycles. The number of aromatic nitrogens is 1. The van der Waals surface area contributed by atoms with E-state index >= 15 is 0 Å². The smallest absolute Gasteiger partial charge is 0.305 e. The van der Waals surface area contributed by atoms with Crippen molar-refractivity contribution in [1.82, 2.24) is 4.57 Å². The van der Waals surface area contributed by atoms with E-state index in [9.17, 15) is 14.7 Å². The molecule has 0 saturated carbocycles. The lowest BCUT2D eigenvalue weighted by Gasteiger charge is -2.18. The predicted octanol–water partition coefficient (Wildman–Crippen LogP) is 5.13. The van der Waals surface area contributed by atoms with Gasteiger partial charge in [-0.2, -0.15) is 0 Å². The summed E-state index contributed by atoms with van der Waals surface area (Å²) < 4.78 is 7.11. The second-order valence-electron chi connectivity index (χ2n) is 7.99. The Morgan fingerprint density at radius 2 is 1.84 bits per heavy atom. The summed E-state index contributed by atoms with van der Waals surface area (Å²) in [6.07, 6.45) is 1.57. The van der Waals surface area contributed by atoms with Gasteiger partial charge in [0.1, 0.15) is 5.75 Å². The van der Waals surface area contributed by atoms with Crippen molar-refractivity contribution in [2.24, 2.45) is 4.99 Å². The van der Waals surface area contributed by atoms with E-state index in [-0.39, 0.29) is 18.0 Å². The van der Waals surface area contributed by atoms with Gasteiger partial charge in [-0.15, -0.1) is 0 Å². The number of nitrogens with zero attached hydrogens (tertiary/aromatic N) is 2. The molecule has 0 aliphatic carbocycles. The first-order valence-electron chi connectivity index (χ1n) is 10.3. The molecular formula is C25H23ClN2O4. The SMILES string of the molecule is COc1ccc2c(c1)C(c1ccc(Cl)cc1)=NC(CC(=O)O)c1cc(=O)n(C(C)C)cc1-2. The Morgan fingerprint density at radius 1 is 1.12 bits per heavy atom. The van der Waals surface area contributed by atoms with Gasteiger partial charge >= 0.3 is 5.97 Å². The topological polar surface area (TPSA) is 80.9 Å². The van der Waals surface area contributed by atoms with E-state index in [1.54, 1.807) is 23.8 Å². The zero-order valence-corrected chi connectivity index (χ0v) is 18.8. The Hall–Kier alpha value is -3.38. The summed E-state index contributed by atoms with van der Waals surface area (Å²) in [6.45, 7) is 3.87. The Labute approximate surface area is 190 Å². The van der Waals surface area contributed by atoms with Gasteiger partial charge in [-0.05, 0) is 55.3 Å². The number of hydrogen-bond donors (Lipinski definition) is 1. The van der Waals surface area contributed by atoms with Crippen LogP contribution in [-0.4, -0.2) is 28.5 Å². The van der Waals surface area contributed by atoms with Gasteiger partial charge in [-0.3, -0.25) is 14.6 Å². The van der Waals surface area contributed by atoms with Gasteiger partial charge in [-0.25, -0.2) is 0 Å². The number of carbonyl (C=O) groups is 1. The van der Waals surface area contributed by atoms with Crippen molar-refractivity contribution in [3.8, 4) is 16.9 Å². The molecular weight excluding hydrogens is 428 g/mol. The van der Waals surface area contributed by atoms with Crippen molar-refractivity contribution < 1.29 is 14.6 Å². The van der Waals surface area contributed by atoms with Crippen molar-refractivity contribution in [3.63, 3.8) is 0 Å². The van der Waals surface area contributed by atoms with Crippen LogP contribution in [0.15, 0.2) is 64.5 Å². The summed E-state index contributed by atoms with van der Waals surface area (Å²) in [6, 6.07) is 13.7. The number of aliphatic carboxylic acids is 1. The highest BCUT2D eigenvalue weighted by molar-refractivity contribution is 6.30. The van der Waals surface area contributed by atoms with Gasteiger partial charge in [-0.1, -0.05) is 23.7 Å². The highest BCUT2D eigenvalue weighted by Gasteiger charge is 2.28. The molecule has 3 aromatic rings. The number of benzene rings is 2. The third kappa shape index (κ3) is 4.06. The number of methoxy groups -OCH3 is 1. The molecule has 1 aromatic heterocycles. The van der Waals surface area contributed by atoms with Crippen LogP contribution in [0.25, 0.3) is 11.1 Å². The Balaban J connectivity index is 2.08. The molecule has 164 valence electrons. The van der Waals surface area contributed by atoms with Crippen LogP contribution in [0.1, 0.15) is 49.0 Å². The monoisotopic (exact) mass is 450 g/mol. The maximum Gasteiger partial charge on any atom is 0.305 e. The molecule has 1 N–H and O–H groups in total. The van der Waals surface area contributed by atoms with Crippen LogP contribution in [0.5, 0.6) is 5.75 Å². The molecule has 1 atom stereocenters. The molecule has 4 rings (SSSR count). The number of pyridine rings is 1. The van der Waals surface area contributed by atoms with Crippen LogP contribution < -0.4 is 10.3 Å². The number of aliphatic imine (C=N–C) groups is 1. The van der Waals surface area contributed by atoms with Crippen LogP contribution >= 0.6 is 11.6 Å². The molecule has 0 spiro atoms. The number of hydrogen-bond acceptors (Lipinski definition) is 4. The van der Waals surface area contributed by atoms with E-state index in [1.807, 2.05) is 50.4 Å². The lowest BCUT2D eigenvalue weighted by atomic mass is 9.91. The Kier molecular flexibility index (Phi) is 5.89. The molecule has 0 fully saturated rings. The fraction of sp³-hybridized carbons (Fsp3) is 0.240. The zero-order chi connectivity index (χ0) is 23.0. The number of carboxylic acids is 1. The second kappa shape index (κ2) is 8.63. The maximum absolute atomic E-state index is 12.8. The van der Waals surface area contributed by atoms with Crippen LogP contribution in [-0.2, 0) is 4.79 Å². The summed E-state index contributed by atoms with van der Waals surface area (Å²) in [5, 5.41) is 10.2. The summed E-state index contributed by atoms with van der Waals surface area (Å²) in [4.78, 5) is 29.4. The fourth-order valence-corrected chi connectivity index (χ4v) is 4.13. The lowest BCUT2D eigenvalue weighted by molar-refractivity contribution is -0.137. The van der Waals surface area contributed by atoms with Gasteiger partial charge in [0.2, 0.25) is 0 Å². The minimum Gasteiger partial charge on any atom is -0.497 e. The molecule has 1 aliphatic rings. The molecule has 2 aromatic carbocycles. The quantitative estimate of drug-likeness (QED) is 0.584. The summed E-state index contributed by atoms with van der Waals surface area (Å²) >= 11 is 6.09. The number of rotatable bonds is 5. The van der Waals surface area contributed by atoms with Crippen LogP contribution in [0.2, 0.25) is 5.02 Å². The third-order valence-corrected chi connectivity index (χ3v) is 5.82. The molecule has 1 aliphatic heterocycles. The van der Waals surface area contributed by atoms with Gasteiger partial charge < -0.3 is 14.4 Å². The number of halogens is 1. The third-order valence-electron chi connectivity index (χ3n) is 5.57. The van der Waals surface area contributed by atoms with Crippen LogP contribution in [0.4, 0.5) is 0 Å². The minimum absolute atomic E-state index is 0.0488. The first kappa shape index (κ1) is 21.8. The van der Waals surface area contributed by atoms with Gasteiger partial charge in [0, 0.05) is 40.0 Å². The molecule has 1 unspecified atom stereocenters. The van der Waals surface area contributed by atoms with Crippen LogP contribution in [0, 0.1) is 0 Å². The number of fused-ring (bicyclic) bond motifs is 3. The van der Waals surface area contributed by atoms with E-state index in [0.29, 0.717) is 22.0 Å². The standard InChI is InChI=1S/C25H23ClN2O4/c1-14(2)28-13-21-18-9-8-17(32-3)10-20(18)25(15-4-6-16(26)7-5-15)27-22(12-24(30)31)19(21)11-23(28)29/h4-11,13-14,22H,12H2,1-3H3,(H,30,31). The number of carboxylic acid groups (broad SMARTS) is 1. The molecule has 0 bridgehead atoms. The highest BCUT2D eigenvalue weighted by atomic mass is 35.5. The Morgan fingerprint density at radius 3 is 2.47 bits per heavy atom. The van der Waals surface area contributed by atoms with Gasteiger partial charge in [0.15, 0.2) is 0 Å². The van der Waals surface area contributed by atoms with E-state index in [2.05, 4.69) is 0 Å². The first-order valence-corrected chi connectivity index (χ1v) is 10.7. The van der Waals surface area contributed by atoms with Crippen molar-refractivity contribution in [2.75, 3.05) is 7.11 Å². The van der Waals surface area contributed by atoms with E-state index < -0.39 is 12.0 Å². The van der Waals surface area contributed by atoms with Gasteiger partial charge in [0.25, 0.3) is 5.56 Å². The van der Waals surface area contributed by atoms with Crippen molar-refractivity contribution in [1.29, 1.82) is 0 Å². The zero-order valence-electron chi connectivity index (χ0n) is 18.0. The Bertz CT molecular complexity index is 1280. The van der Waals surface area contributed by atoms with Crippen molar-refractivity contribution in [3.05, 3.63) is 86.8 Å². The van der Waals surface area contributed by atoms with E-state index in [4.69, 9.17) is 21.3 Å². The second-order valence-corrected chi connectivity index (χ2v) is 8.43. The average Bonchev–Trinajstić information content (AvgIpc) is 2.88. The first-order chi connectivity index (χ1) is 15.3. The van der Waals surface area contributed by atoms with Crippen molar-refractivity contribution in [2.45, 2.75) is 32.4 Å². The molecule has 0 radical (unpaired) electrons. The van der Waals surface area contributed by atoms with Gasteiger partial charge in [0.05, 0.1) is 25.3 Å². The molecule has 6 nitrogen and oxygen atoms in total.